The summed E-state index contributed by atoms with van der Waals surface area (Å²) >= 11 is 0. The van der Waals surface area contributed by atoms with Crippen LogP contribution < -0.4 is 5.32 Å². The summed E-state index contributed by atoms with van der Waals surface area (Å²) in [4.78, 5) is 0. The lowest BCUT2D eigenvalue weighted by molar-refractivity contribution is 0.403. The molecule has 52 valence electrons. The first-order chi connectivity index (χ1) is 4.22. The van der Waals surface area contributed by atoms with Crippen molar-refractivity contribution in [2.45, 2.75) is 6.92 Å². The molecule has 1 fully saturated rings. The molecule has 0 aromatic heterocycles. The molecular weight excluding hydrogens is 124 g/mol. The summed E-state index contributed by atoms with van der Waals surface area (Å²) in [7, 11) is 0. The second kappa shape index (κ2) is 2.43. The molecule has 1 unspecified atom stereocenters. The van der Waals surface area contributed by atoms with Gasteiger partial charge in [0.05, 0.1) is 0 Å². The fourth-order valence-corrected chi connectivity index (χ4v) is 0.974. The van der Waals surface area contributed by atoms with E-state index in [1.54, 1.807) is 6.92 Å². The topological polar surface area (TPSA) is 12.0 Å². The predicted molar refractivity (Wildman–Crippen MR) is 31.3 cm³/mol. The fraction of sp³-hybridized carbons (Fsp3) is 0.667. The third kappa shape index (κ3) is 1.27. The van der Waals surface area contributed by atoms with E-state index in [9.17, 15) is 8.78 Å². The number of hydrogen-bond donors (Lipinski definition) is 1. The number of halogens is 2. The lowest BCUT2D eigenvalue weighted by Gasteiger charge is -1.98. The van der Waals surface area contributed by atoms with Crippen molar-refractivity contribution in [3.63, 3.8) is 0 Å². The minimum absolute atomic E-state index is 0.0231. The second-order valence-electron chi connectivity index (χ2n) is 2.32. The van der Waals surface area contributed by atoms with Gasteiger partial charge in [-0.3, -0.25) is 0 Å². The molecule has 0 aromatic rings. The highest BCUT2D eigenvalue weighted by atomic mass is 19.3. The van der Waals surface area contributed by atoms with Crippen molar-refractivity contribution in [1.29, 1.82) is 0 Å². The standard InChI is InChI=1S/C6H9F2N/c1-4-2-9-3-5(4)6(7)8/h4,9H,2-3H2,1H3. The Bertz CT molecular complexity index is 138. The largest absolute Gasteiger partial charge is 0.312 e. The van der Waals surface area contributed by atoms with E-state index in [2.05, 4.69) is 5.32 Å². The molecular formula is C6H9F2N. The van der Waals surface area contributed by atoms with Gasteiger partial charge in [-0.15, -0.1) is 0 Å². The Labute approximate surface area is 52.7 Å². The fourth-order valence-electron chi connectivity index (χ4n) is 0.974. The van der Waals surface area contributed by atoms with Crippen LogP contribution in [-0.2, 0) is 0 Å². The van der Waals surface area contributed by atoms with Crippen molar-refractivity contribution in [2.75, 3.05) is 13.1 Å². The molecule has 0 spiro atoms. The lowest BCUT2D eigenvalue weighted by atomic mass is 10.1. The first-order valence-corrected chi connectivity index (χ1v) is 2.96. The van der Waals surface area contributed by atoms with Crippen LogP contribution >= 0.6 is 0 Å². The maximum atomic E-state index is 11.8. The second-order valence-corrected chi connectivity index (χ2v) is 2.32. The van der Waals surface area contributed by atoms with Gasteiger partial charge >= 0.3 is 0 Å². The monoisotopic (exact) mass is 133 g/mol. The van der Waals surface area contributed by atoms with Crippen LogP contribution in [0.5, 0.6) is 0 Å². The van der Waals surface area contributed by atoms with Crippen molar-refractivity contribution in [2.24, 2.45) is 5.92 Å². The van der Waals surface area contributed by atoms with Crippen molar-refractivity contribution >= 4 is 0 Å². The summed E-state index contributed by atoms with van der Waals surface area (Å²) in [6.07, 6.45) is -1.51. The lowest BCUT2D eigenvalue weighted by Crippen LogP contribution is -2.06. The molecule has 1 rings (SSSR count). The Hall–Kier alpha value is -0.440. The van der Waals surface area contributed by atoms with Gasteiger partial charge < -0.3 is 5.32 Å². The Balaban J connectivity index is 2.70. The van der Waals surface area contributed by atoms with E-state index in [0.29, 0.717) is 13.1 Å². The average Bonchev–Trinajstić information content (AvgIpc) is 2.13. The third-order valence-electron chi connectivity index (χ3n) is 1.60. The van der Waals surface area contributed by atoms with Crippen LogP contribution in [0.15, 0.2) is 11.7 Å². The van der Waals surface area contributed by atoms with Crippen molar-refractivity contribution in [3.05, 3.63) is 11.7 Å². The molecule has 9 heavy (non-hydrogen) atoms. The number of rotatable bonds is 0. The van der Waals surface area contributed by atoms with Crippen molar-refractivity contribution < 1.29 is 8.78 Å². The average molecular weight is 133 g/mol. The highest BCUT2D eigenvalue weighted by Gasteiger charge is 2.19. The van der Waals surface area contributed by atoms with E-state index < -0.39 is 6.08 Å². The number of nitrogens with one attached hydrogen (secondary N) is 1. The first-order valence-electron chi connectivity index (χ1n) is 2.96. The molecule has 1 saturated heterocycles. The van der Waals surface area contributed by atoms with Gasteiger partial charge in [-0.25, -0.2) is 0 Å². The number of hydrogen-bond acceptors (Lipinski definition) is 1. The molecule has 0 saturated carbocycles. The highest BCUT2D eigenvalue weighted by Crippen LogP contribution is 2.20. The van der Waals surface area contributed by atoms with E-state index in [4.69, 9.17) is 0 Å². The maximum absolute atomic E-state index is 11.8. The summed E-state index contributed by atoms with van der Waals surface area (Å²) < 4.78 is 23.7. The summed E-state index contributed by atoms with van der Waals surface area (Å²) in [6.45, 7) is 2.85. The Morgan fingerprint density at radius 1 is 1.67 bits per heavy atom. The van der Waals surface area contributed by atoms with Gasteiger partial charge in [-0.2, -0.15) is 8.78 Å². The van der Waals surface area contributed by atoms with Crippen molar-refractivity contribution in [3.8, 4) is 0 Å². The van der Waals surface area contributed by atoms with E-state index in [1.807, 2.05) is 0 Å². The minimum Gasteiger partial charge on any atom is -0.312 e. The molecule has 3 heteroatoms. The molecule has 1 aliphatic heterocycles. The molecule has 1 N–H and O–H groups in total. The zero-order chi connectivity index (χ0) is 6.85. The molecule has 0 radical (unpaired) electrons. The van der Waals surface area contributed by atoms with E-state index >= 15 is 0 Å². The summed E-state index contributed by atoms with van der Waals surface area (Å²) in [5.74, 6) is 0.0231. The van der Waals surface area contributed by atoms with Gasteiger partial charge in [0.1, 0.15) is 0 Å². The molecule has 1 nitrogen and oxygen atoms in total. The van der Waals surface area contributed by atoms with E-state index in [0.717, 1.165) is 0 Å². The molecule has 1 aliphatic rings. The van der Waals surface area contributed by atoms with Gasteiger partial charge in [0.2, 0.25) is 0 Å². The van der Waals surface area contributed by atoms with Crippen LogP contribution in [0.2, 0.25) is 0 Å². The van der Waals surface area contributed by atoms with Gasteiger partial charge in [-0.1, -0.05) is 6.92 Å². The van der Waals surface area contributed by atoms with Gasteiger partial charge in [-0.05, 0) is 5.92 Å². The van der Waals surface area contributed by atoms with Gasteiger partial charge in [0, 0.05) is 18.7 Å². The molecule has 0 aliphatic carbocycles. The zero-order valence-electron chi connectivity index (χ0n) is 5.25. The van der Waals surface area contributed by atoms with Crippen LogP contribution in [0.1, 0.15) is 6.92 Å². The van der Waals surface area contributed by atoms with Crippen molar-refractivity contribution in [1.82, 2.24) is 5.32 Å². The predicted octanol–water partition coefficient (Wildman–Crippen LogP) is 1.38. The third-order valence-corrected chi connectivity index (χ3v) is 1.60. The molecule has 1 heterocycles. The summed E-state index contributed by atoms with van der Waals surface area (Å²) in [5.41, 5.74) is 0.273. The first kappa shape index (κ1) is 6.68. The normalized spacial score (nSPS) is 27.0. The van der Waals surface area contributed by atoms with Gasteiger partial charge in [0.15, 0.2) is 0 Å². The molecule has 0 amide bonds. The van der Waals surface area contributed by atoms with Crippen LogP contribution in [0, 0.1) is 5.92 Å². The van der Waals surface area contributed by atoms with Crippen LogP contribution in [0.3, 0.4) is 0 Å². The Morgan fingerprint density at radius 2 is 2.33 bits per heavy atom. The highest BCUT2D eigenvalue weighted by molar-refractivity contribution is 5.13. The Kier molecular flexibility index (Phi) is 1.81. The van der Waals surface area contributed by atoms with Crippen LogP contribution in [0.4, 0.5) is 8.78 Å². The van der Waals surface area contributed by atoms with Crippen LogP contribution in [-0.4, -0.2) is 13.1 Å². The smallest absolute Gasteiger partial charge is 0.271 e. The van der Waals surface area contributed by atoms with E-state index in [-0.39, 0.29) is 11.5 Å². The zero-order valence-corrected chi connectivity index (χ0v) is 5.25. The maximum Gasteiger partial charge on any atom is 0.271 e. The quantitative estimate of drug-likeness (QED) is 0.526. The Morgan fingerprint density at radius 3 is 2.56 bits per heavy atom. The summed E-state index contributed by atoms with van der Waals surface area (Å²) in [5, 5.41) is 2.87. The SMILES string of the molecule is CC1CNCC1=C(F)F. The molecule has 0 aromatic carbocycles. The van der Waals surface area contributed by atoms with E-state index in [1.165, 1.54) is 0 Å². The van der Waals surface area contributed by atoms with Gasteiger partial charge in [0.25, 0.3) is 6.08 Å². The summed E-state index contributed by atoms with van der Waals surface area (Å²) in [6, 6.07) is 0. The van der Waals surface area contributed by atoms with Crippen LogP contribution in [0.25, 0.3) is 0 Å². The minimum atomic E-state index is -1.51. The molecule has 0 bridgehead atoms. The molecule has 1 atom stereocenters.